The standard InChI is InChI=1S/C15H14ClNO5S2/c1-10(18)11-3-5-12(6-4-11)24(21,22)17-15-9-13(23(2,19)20)7-8-14(15)16/h3-9,17H,1-2H3. The van der Waals surface area contributed by atoms with Crippen LogP contribution in [0.15, 0.2) is 52.3 Å². The van der Waals surface area contributed by atoms with Gasteiger partial charge in [0.25, 0.3) is 10.0 Å². The predicted octanol–water partition coefficient (Wildman–Crippen LogP) is 2.75. The van der Waals surface area contributed by atoms with Crippen molar-refractivity contribution in [2.75, 3.05) is 11.0 Å². The van der Waals surface area contributed by atoms with E-state index in [1.807, 2.05) is 0 Å². The summed E-state index contributed by atoms with van der Waals surface area (Å²) >= 11 is 5.94. The Kier molecular flexibility index (Phi) is 5.03. The summed E-state index contributed by atoms with van der Waals surface area (Å²) in [6.07, 6.45) is 1.01. The number of sulfonamides is 1. The van der Waals surface area contributed by atoms with Crippen molar-refractivity contribution in [2.45, 2.75) is 16.7 Å². The van der Waals surface area contributed by atoms with Crippen molar-refractivity contribution in [1.29, 1.82) is 0 Å². The first-order valence-corrected chi connectivity index (χ1v) is 10.4. The van der Waals surface area contributed by atoms with Crippen molar-refractivity contribution in [1.82, 2.24) is 0 Å². The largest absolute Gasteiger partial charge is 0.295 e. The van der Waals surface area contributed by atoms with Gasteiger partial charge in [-0.25, -0.2) is 16.8 Å². The Bertz CT molecular complexity index is 997. The summed E-state index contributed by atoms with van der Waals surface area (Å²) in [5.74, 6) is -0.184. The van der Waals surface area contributed by atoms with E-state index < -0.39 is 19.9 Å². The number of ketones is 1. The number of sulfone groups is 1. The quantitative estimate of drug-likeness (QED) is 0.795. The highest BCUT2D eigenvalue weighted by Crippen LogP contribution is 2.27. The molecule has 9 heteroatoms. The van der Waals surface area contributed by atoms with Crippen LogP contribution in [0.4, 0.5) is 5.69 Å². The van der Waals surface area contributed by atoms with Crippen molar-refractivity contribution in [2.24, 2.45) is 0 Å². The lowest BCUT2D eigenvalue weighted by atomic mass is 10.2. The Hall–Kier alpha value is -1.90. The molecule has 0 spiro atoms. The predicted molar refractivity (Wildman–Crippen MR) is 91.8 cm³/mol. The Balaban J connectivity index is 2.40. The molecule has 0 aromatic heterocycles. The Morgan fingerprint density at radius 3 is 2.00 bits per heavy atom. The highest BCUT2D eigenvalue weighted by Gasteiger charge is 2.18. The first-order chi connectivity index (χ1) is 11.0. The summed E-state index contributed by atoms with van der Waals surface area (Å²) in [4.78, 5) is 11.1. The number of hydrogen-bond acceptors (Lipinski definition) is 5. The molecule has 0 aliphatic rings. The van der Waals surface area contributed by atoms with Gasteiger partial charge in [0.15, 0.2) is 15.6 Å². The molecule has 0 bridgehead atoms. The third kappa shape index (κ3) is 4.14. The lowest BCUT2D eigenvalue weighted by molar-refractivity contribution is 0.101. The number of carbonyl (C=O) groups is 1. The molecule has 0 radical (unpaired) electrons. The van der Waals surface area contributed by atoms with Crippen molar-refractivity contribution >= 4 is 42.9 Å². The van der Waals surface area contributed by atoms with Gasteiger partial charge in [0.1, 0.15) is 0 Å². The molecular weight excluding hydrogens is 374 g/mol. The minimum absolute atomic E-state index is 0.0461. The topological polar surface area (TPSA) is 97.4 Å². The molecule has 0 saturated heterocycles. The van der Waals surface area contributed by atoms with Crippen LogP contribution in [-0.2, 0) is 19.9 Å². The number of nitrogens with one attached hydrogen (secondary N) is 1. The van der Waals surface area contributed by atoms with Crippen molar-refractivity contribution < 1.29 is 21.6 Å². The molecule has 2 rings (SSSR count). The van der Waals surface area contributed by atoms with Gasteiger partial charge in [-0.1, -0.05) is 23.7 Å². The van der Waals surface area contributed by atoms with E-state index in [0.717, 1.165) is 12.3 Å². The summed E-state index contributed by atoms with van der Waals surface area (Å²) in [6.45, 7) is 1.37. The molecule has 2 aromatic carbocycles. The van der Waals surface area contributed by atoms with Gasteiger partial charge in [0.2, 0.25) is 0 Å². The van der Waals surface area contributed by atoms with Crippen LogP contribution in [0.3, 0.4) is 0 Å². The fraction of sp³-hybridized carbons (Fsp3) is 0.133. The van der Waals surface area contributed by atoms with Gasteiger partial charge in [-0.2, -0.15) is 0 Å². The maximum atomic E-state index is 12.4. The zero-order valence-electron chi connectivity index (χ0n) is 12.8. The number of hydrogen-bond donors (Lipinski definition) is 1. The van der Waals surface area contributed by atoms with E-state index >= 15 is 0 Å². The average molecular weight is 388 g/mol. The number of rotatable bonds is 5. The third-order valence-electron chi connectivity index (χ3n) is 3.18. The molecule has 2 aromatic rings. The summed E-state index contributed by atoms with van der Waals surface area (Å²) < 4.78 is 50.2. The summed E-state index contributed by atoms with van der Waals surface area (Å²) in [7, 11) is -7.49. The van der Waals surface area contributed by atoms with E-state index in [0.29, 0.717) is 5.56 Å². The summed E-state index contributed by atoms with van der Waals surface area (Å²) in [6, 6.07) is 9.10. The van der Waals surface area contributed by atoms with Crippen LogP contribution in [0.25, 0.3) is 0 Å². The Morgan fingerprint density at radius 2 is 1.50 bits per heavy atom. The SMILES string of the molecule is CC(=O)c1ccc(S(=O)(=O)Nc2cc(S(C)(=O)=O)ccc2Cl)cc1. The maximum absolute atomic E-state index is 12.4. The van der Waals surface area contributed by atoms with Gasteiger partial charge in [0, 0.05) is 11.8 Å². The van der Waals surface area contributed by atoms with Gasteiger partial charge in [-0.3, -0.25) is 9.52 Å². The van der Waals surface area contributed by atoms with E-state index in [1.165, 1.54) is 43.3 Å². The zero-order valence-corrected chi connectivity index (χ0v) is 15.2. The fourth-order valence-electron chi connectivity index (χ4n) is 1.89. The van der Waals surface area contributed by atoms with Gasteiger partial charge in [-0.15, -0.1) is 0 Å². The minimum atomic E-state index is -3.98. The smallest absolute Gasteiger partial charge is 0.261 e. The van der Waals surface area contributed by atoms with Gasteiger partial charge >= 0.3 is 0 Å². The molecule has 6 nitrogen and oxygen atoms in total. The second kappa shape index (κ2) is 6.54. The van der Waals surface area contributed by atoms with E-state index in [1.54, 1.807) is 0 Å². The minimum Gasteiger partial charge on any atom is -0.295 e. The van der Waals surface area contributed by atoms with Crippen LogP contribution < -0.4 is 4.72 Å². The van der Waals surface area contributed by atoms with E-state index in [2.05, 4.69) is 4.72 Å². The lowest BCUT2D eigenvalue weighted by Crippen LogP contribution is -2.14. The number of benzene rings is 2. The zero-order chi connectivity index (χ0) is 18.1. The first kappa shape index (κ1) is 18.4. The lowest BCUT2D eigenvalue weighted by Gasteiger charge is -2.11. The highest BCUT2D eigenvalue weighted by atomic mass is 35.5. The van der Waals surface area contributed by atoms with Crippen molar-refractivity contribution in [3.8, 4) is 0 Å². The molecule has 0 unspecified atom stereocenters. The van der Waals surface area contributed by atoms with Gasteiger partial charge in [-0.05, 0) is 37.3 Å². The molecule has 0 atom stereocenters. The number of carbonyl (C=O) groups excluding carboxylic acids is 1. The average Bonchev–Trinajstić information content (AvgIpc) is 2.48. The second-order valence-corrected chi connectivity index (χ2v) is 9.21. The van der Waals surface area contributed by atoms with Crippen LogP contribution in [-0.4, -0.2) is 28.9 Å². The fourth-order valence-corrected chi connectivity index (χ4v) is 3.82. The molecule has 0 fully saturated rings. The molecule has 24 heavy (non-hydrogen) atoms. The Morgan fingerprint density at radius 1 is 0.958 bits per heavy atom. The molecule has 0 amide bonds. The monoisotopic (exact) mass is 387 g/mol. The third-order valence-corrected chi connectivity index (χ3v) is 6.00. The molecule has 0 aliphatic carbocycles. The molecule has 0 heterocycles. The summed E-state index contributed by atoms with van der Waals surface area (Å²) in [5, 5.41) is 0.0614. The van der Waals surface area contributed by atoms with Crippen LogP contribution in [0.2, 0.25) is 5.02 Å². The van der Waals surface area contributed by atoms with Gasteiger partial charge in [0.05, 0.1) is 20.5 Å². The first-order valence-electron chi connectivity index (χ1n) is 6.64. The van der Waals surface area contributed by atoms with Crippen LogP contribution >= 0.6 is 11.6 Å². The number of Topliss-reactive ketones (excluding diaryl/α,β-unsaturated/α-hetero) is 1. The van der Waals surface area contributed by atoms with E-state index in [-0.39, 0.29) is 26.3 Å². The number of halogens is 1. The van der Waals surface area contributed by atoms with Gasteiger partial charge < -0.3 is 0 Å². The molecule has 0 aliphatic heterocycles. The molecular formula is C15H14ClNO5S2. The normalized spacial score (nSPS) is 12.0. The van der Waals surface area contributed by atoms with Crippen molar-refractivity contribution in [3.05, 3.63) is 53.1 Å². The van der Waals surface area contributed by atoms with Crippen molar-refractivity contribution in [3.63, 3.8) is 0 Å². The van der Waals surface area contributed by atoms with Crippen LogP contribution in [0.5, 0.6) is 0 Å². The molecule has 0 saturated carbocycles. The summed E-state index contributed by atoms with van der Waals surface area (Å²) in [5.41, 5.74) is 0.335. The van der Waals surface area contributed by atoms with E-state index in [9.17, 15) is 21.6 Å². The second-order valence-electron chi connectivity index (χ2n) is 5.10. The Labute approximate surface area is 145 Å². The number of anilines is 1. The van der Waals surface area contributed by atoms with Crippen LogP contribution in [0, 0.1) is 0 Å². The van der Waals surface area contributed by atoms with E-state index in [4.69, 9.17) is 11.6 Å². The van der Waals surface area contributed by atoms with Crippen LogP contribution in [0.1, 0.15) is 17.3 Å². The highest BCUT2D eigenvalue weighted by molar-refractivity contribution is 7.92. The maximum Gasteiger partial charge on any atom is 0.261 e. The molecule has 1 N–H and O–H groups in total. The molecule has 128 valence electrons.